The van der Waals surface area contributed by atoms with Crippen molar-refractivity contribution in [2.24, 2.45) is 16.8 Å². The van der Waals surface area contributed by atoms with E-state index in [0.29, 0.717) is 0 Å². The molecule has 7 heteroatoms. The first-order chi connectivity index (χ1) is 12.7. The summed E-state index contributed by atoms with van der Waals surface area (Å²) < 4.78 is 5.74. The van der Waals surface area contributed by atoms with Crippen molar-refractivity contribution in [3.63, 3.8) is 0 Å². The van der Waals surface area contributed by atoms with Gasteiger partial charge in [0.2, 0.25) is 0 Å². The Balaban J connectivity index is 0.00000261. The molecule has 27 heavy (non-hydrogen) atoms. The number of hydrogen-bond donors (Lipinski definition) is 1. The molecule has 1 saturated heterocycles. The van der Waals surface area contributed by atoms with E-state index in [1.54, 1.807) is 0 Å². The van der Waals surface area contributed by atoms with Crippen molar-refractivity contribution >= 4 is 41.3 Å². The molecule has 1 aromatic heterocycles. The highest BCUT2D eigenvalue weighted by Gasteiger charge is 2.22. The number of thiophene rings is 1. The highest BCUT2D eigenvalue weighted by Crippen LogP contribution is 2.28. The lowest BCUT2D eigenvalue weighted by atomic mass is 9.97. The van der Waals surface area contributed by atoms with Gasteiger partial charge in [-0.15, -0.1) is 35.3 Å². The Kier molecular flexibility index (Phi) is 10.4. The second-order valence-electron chi connectivity index (χ2n) is 7.67. The van der Waals surface area contributed by atoms with E-state index in [1.165, 1.54) is 43.6 Å². The van der Waals surface area contributed by atoms with Crippen molar-refractivity contribution in [1.29, 1.82) is 0 Å². The second kappa shape index (κ2) is 12.2. The summed E-state index contributed by atoms with van der Waals surface area (Å²) in [5.74, 6) is 2.57. The minimum atomic E-state index is 0. The maximum absolute atomic E-state index is 5.74. The van der Waals surface area contributed by atoms with Crippen LogP contribution in [0.2, 0.25) is 0 Å². The molecule has 2 fully saturated rings. The smallest absolute Gasteiger partial charge is 0.193 e. The van der Waals surface area contributed by atoms with E-state index in [0.717, 1.165) is 50.6 Å². The van der Waals surface area contributed by atoms with Crippen molar-refractivity contribution in [2.75, 3.05) is 53.5 Å². The van der Waals surface area contributed by atoms with Crippen LogP contribution in [0.1, 0.15) is 30.6 Å². The van der Waals surface area contributed by atoms with E-state index in [9.17, 15) is 0 Å². The lowest BCUT2D eigenvalue weighted by molar-refractivity contribution is 0.115. The Morgan fingerprint density at radius 2 is 2.07 bits per heavy atom. The summed E-state index contributed by atoms with van der Waals surface area (Å²) in [5, 5.41) is 5.74. The van der Waals surface area contributed by atoms with Gasteiger partial charge in [0.05, 0.1) is 6.61 Å². The molecule has 0 bridgehead atoms. The molecule has 2 aliphatic rings. The average Bonchev–Trinajstić information content (AvgIpc) is 3.35. The van der Waals surface area contributed by atoms with Crippen LogP contribution in [0.15, 0.2) is 22.5 Å². The van der Waals surface area contributed by atoms with Crippen LogP contribution in [0.25, 0.3) is 0 Å². The number of guanidine groups is 1. The predicted molar refractivity (Wildman–Crippen MR) is 125 cm³/mol. The molecule has 1 aromatic rings. The average molecular weight is 506 g/mol. The van der Waals surface area contributed by atoms with E-state index in [2.05, 4.69) is 44.7 Å². The molecule has 0 spiro atoms. The van der Waals surface area contributed by atoms with Crippen LogP contribution in [-0.4, -0.2) is 69.2 Å². The number of aliphatic imine (C=N–C) groups is 1. The number of rotatable bonds is 9. The Morgan fingerprint density at radius 1 is 1.30 bits per heavy atom. The van der Waals surface area contributed by atoms with Crippen LogP contribution in [0.3, 0.4) is 0 Å². The van der Waals surface area contributed by atoms with Gasteiger partial charge in [-0.2, -0.15) is 0 Å². The summed E-state index contributed by atoms with van der Waals surface area (Å²) >= 11 is 1.87. The summed E-state index contributed by atoms with van der Waals surface area (Å²) in [6.45, 7) is 7.15. The van der Waals surface area contributed by atoms with Crippen LogP contribution < -0.4 is 5.32 Å². The molecule has 0 amide bonds. The predicted octanol–water partition coefficient (Wildman–Crippen LogP) is 3.51. The highest BCUT2D eigenvalue weighted by molar-refractivity contribution is 14.0. The normalized spacial score (nSPS) is 19.0. The lowest BCUT2D eigenvalue weighted by Gasteiger charge is -2.32. The van der Waals surface area contributed by atoms with Crippen molar-refractivity contribution in [2.45, 2.75) is 32.2 Å². The Morgan fingerprint density at radius 3 is 2.70 bits per heavy atom. The van der Waals surface area contributed by atoms with Gasteiger partial charge in [-0.3, -0.25) is 9.89 Å². The van der Waals surface area contributed by atoms with Gasteiger partial charge in [-0.05, 0) is 62.1 Å². The van der Waals surface area contributed by atoms with Crippen LogP contribution in [0.4, 0.5) is 0 Å². The summed E-state index contributed by atoms with van der Waals surface area (Å²) in [6, 6.07) is 4.39. The minimum absolute atomic E-state index is 0. The van der Waals surface area contributed by atoms with Crippen molar-refractivity contribution in [1.82, 2.24) is 15.1 Å². The third-order valence-corrected chi connectivity index (χ3v) is 6.27. The fourth-order valence-corrected chi connectivity index (χ4v) is 4.18. The highest BCUT2D eigenvalue weighted by atomic mass is 127. The zero-order chi connectivity index (χ0) is 18.2. The van der Waals surface area contributed by atoms with E-state index in [4.69, 9.17) is 4.74 Å². The third kappa shape index (κ3) is 8.25. The summed E-state index contributed by atoms with van der Waals surface area (Å²) in [7, 11) is 3.97. The van der Waals surface area contributed by atoms with Crippen molar-refractivity contribution < 1.29 is 4.74 Å². The molecule has 5 nitrogen and oxygen atoms in total. The SMILES string of the molecule is CN=C(NCC1CCN(Cc2cccs2)CC1)N(C)CCOCC1CC1.I. The van der Waals surface area contributed by atoms with E-state index in [-0.39, 0.29) is 24.0 Å². The zero-order valence-corrected chi connectivity index (χ0v) is 19.9. The third-order valence-electron chi connectivity index (χ3n) is 5.41. The lowest BCUT2D eigenvalue weighted by Crippen LogP contribution is -2.44. The van der Waals surface area contributed by atoms with E-state index in [1.807, 2.05) is 18.4 Å². The fraction of sp³-hybridized carbons (Fsp3) is 0.750. The number of likely N-dealkylation sites (tertiary alicyclic amines) is 1. The summed E-state index contributed by atoms with van der Waals surface area (Å²) in [4.78, 5) is 10.7. The first kappa shape index (κ1) is 22.9. The molecule has 2 heterocycles. The molecule has 0 atom stereocenters. The standard InChI is InChI=1S/C20H34N4OS.HI/c1-21-20(23(2)11-12-25-16-18-5-6-18)22-14-17-7-9-24(10-8-17)15-19-4-3-13-26-19;/h3-4,13,17-18H,5-12,14-16H2,1-2H3,(H,21,22);1H. The molecular formula is C20H35IN4OS. The molecular weight excluding hydrogens is 471 g/mol. The number of hydrogen-bond acceptors (Lipinski definition) is 4. The van der Waals surface area contributed by atoms with Gasteiger partial charge < -0.3 is 15.0 Å². The van der Waals surface area contributed by atoms with E-state index < -0.39 is 0 Å². The molecule has 1 N–H and O–H groups in total. The van der Waals surface area contributed by atoms with Gasteiger partial charge in [0.1, 0.15) is 0 Å². The van der Waals surface area contributed by atoms with Gasteiger partial charge in [-0.25, -0.2) is 0 Å². The quantitative estimate of drug-likeness (QED) is 0.241. The number of nitrogens with zero attached hydrogens (tertiary/aromatic N) is 3. The largest absolute Gasteiger partial charge is 0.379 e. The number of nitrogens with one attached hydrogen (secondary N) is 1. The molecule has 1 aliphatic carbocycles. The maximum Gasteiger partial charge on any atom is 0.193 e. The Bertz CT molecular complexity index is 542. The molecule has 0 aromatic carbocycles. The fourth-order valence-electron chi connectivity index (χ4n) is 3.43. The van der Waals surface area contributed by atoms with E-state index >= 15 is 0 Å². The van der Waals surface area contributed by atoms with Crippen molar-refractivity contribution in [3.8, 4) is 0 Å². The first-order valence-corrected chi connectivity index (χ1v) is 10.9. The van der Waals surface area contributed by atoms with Crippen LogP contribution in [0.5, 0.6) is 0 Å². The molecule has 154 valence electrons. The number of piperidine rings is 1. The van der Waals surface area contributed by atoms with Gasteiger partial charge in [0, 0.05) is 45.2 Å². The van der Waals surface area contributed by atoms with Gasteiger partial charge in [0.25, 0.3) is 0 Å². The molecule has 1 saturated carbocycles. The van der Waals surface area contributed by atoms with Crippen LogP contribution in [-0.2, 0) is 11.3 Å². The Labute approximate surface area is 185 Å². The molecule has 1 aliphatic heterocycles. The first-order valence-electron chi connectivity index (χ1n) is 9.99. The van der Waals surface area contributed by atoms with Gasteiger partial charge >= 0.3 is 0 Å². The topological polar surface area (TPSA) is 40.1 Å². The Hall–Kier alpha value is -0.380. The maximum atomic E-state index is 5.74. The number of halogens is 1. The van der Waals surface area contributed by atoms with Crippen LogP contribution in [0, 0.1) is 11.8 Å². The number of likely N-dealkylation sites (N-methyl/N-ethyl adjacent to an activating group) is 1. The molecule has 0 radical (unpaired) electrons. The monoisotopic (exact) mass is 506 g/mol. The minimum Gasteiger partial charge on any atom is -0.379 e. The van der Waals surface area contributed by atoms with Crippen molar-refractivity contribution in [3.05, 3.63) is 22.4 Å². The zero-order valence-electron chi connectivity index (χ0n) is 16.7. The van der Waals surface area contributed by atoms with Gasteiger partial charge in [0.15, 0.2) is 5.96 Å². The van der Waals surface area contributed by atoms with Crippen LogP contribution >= 0.6 is 35.3 Å². The molecule has 3 rings (SSSR count). The van der Waals surface area contributed by atoms with Gasteiger partial charge in [-0.1, -0.05) is 6.07 Å². The second-order valence-corrected chi connectivity index (χ2v) is 8.70. The number of ether oxygens (including phenoxy) is 1. The molecule has 0 unspecified atom stereocenters. The summed E-state index contributed by atoms with van der Waals surface area (Å²) in [5.41, 5.74) is 0. The summed E-state index contributed by atoms with van der Waals surface area (Å²) in [6.07, 6.45) is 5.24.